The lowest BCUT2D eigenvalue weighted by Gasteiger charge is -2.43. The smallest absolute Gasteiger partial charge is 0.317 e. The van der Waals surface area contributed by atoms with Crippen LogP contribution in [0.2, 0.25) is 0 Å². The summed E-state index contributed by atoms with van der Waals surface area (Å²) in [4.78, 5) is 14.8. The first-order chi connectivity index (χ1) is 17.0. The van der Waals surface area contributed by atoms with Crippen LogP contribution in [-0.4, -0.2) is 69.1 Å². The number of para-hydroxylation sites is 1. The van der Waals surface area contributed by atoms with Gasteiger partial charge in [0.05, 0.1) is 12.2 Å². The highest BCUT2D eigenvalue weighted by atomic mass is 16.5. The number of likely N-dealkylation sites (N-methyl/N-ethyl adjacent to an activating group) is 1. The minimum absolute atomic E-state index is 0.0468. The summed E-state index contributed by atoms with van der Waals surface area (Å²) < 4.78 is 11.6. The van der Waals surface area contributed by atoms with E-state index in [0.29, 0.717) is 38.6 Å². The van der Waals surface area contributed by atoms with E-state index >= 15 is 0 Å². The molecule has 1 saturated carbocycles. The summed E-state index contributed by atoms with van der Waals surface area (Å²) in [6, 6.07) is 7.99. The van der Waals surface area contributed by atoms with Gasteiger partial charge in [0, 0.05) is 50.9 Å². The third-order valence-electron chi connectivity index (χ3n) is 7.72. The molecule has 0 aromatic heterocycles. The second-order valence-corrected chi connectivity index (χ2v) is 10.5. The number of hydrogen-bond donors (Lipinski definition) is 3. The molecule has 2 amide bonds. The van der Waals surface area contributed by atoms with Crippen LogP contribution in [0, 0.1) is 11.8 Å². The molecule has 2 fully saturated rings. The van der Waals surface area contributed by atoms with E-state index in [2.05, 4.69) is 10.6 Å². The highest BCUT2D eigenvalue weighted by Crippen LogP contribution is 2.43. The molecular weight excluding hydrogens is 442 g/mol. The monoisotopic (exact) mass is 489 g/mol. The summed E-state index contributed by atoms with van der Waals surface area (Å²) in [5.74, 6) is 1.34. The van der Waals surface area contributed by atoms with Gasteiger partial charge < -0.3 is 30.1 Å². The number of carbonyl (C=O) groups excluding carboxylic acids is 1. The van der Waals surface area contributed by atoms with Gasteiger partial charge in [0.25, 0.3) is 0 Å². The number of amides is 2. The number of urea groups is 1. The Morgan fingerprint density at radius 2 is 1.97 bits per heavy atom. The molecule has 3 rings (SSSR count). The average Bonchev–Trinajstić information content (AvgIpc) is 3.39. The van der Waals surface area contributed by atoms with Crippen LogP contribution in [0.25, 0.3) is 0 Å². The van der Waals surface area contributed by atoms with Gasteiger partial charge in [0.15, 0.2) is 0 Å². The van der Waals surface area contributed by atoms with Crippen molar-refractivity contribution >= 4 is 6.03 Å². The summed E-state index contributed by atoms with van der Waals surface area (Å²) in [6.07, 6.45) is 9.14. The number of carbonyl (C=O) groups is 1. The lowest BCUT2D eigenvalue weighted by Crippen LogP contribution is -2.53. The zero-order valence-electron chi connectivity index (χ0n) is 22.1. The number of likely N-dealkylation sites (tertiary alicyclic amines) is 1. The quantitative estimate of drug-likeness (QED) is 0.360. The Bertz CT molecular complexity index is 770. The fourth-order valence-corrected chi connectivity index (χ4v) is 5.75. The Morgan fingerprint density at radius 1 is 1.20 bits per heavy atom. The molecule has 2 aliphatic rings. The molecule has 7 nitrogen and oxygen atoms in total. The molecule has 35 heavy (non-hydrogen) atoms. The Morgan fingerprint density at radius 3 is 2.71 bits per heavy atom. The van der Waals surface area contributed by atoms with Crippen molar-refractivity contribution in [1.29, 1.82) is 0 Å². The summed E-state index contributed by atoms with van der Waals surface area (Å²) in [7, 11) is 3.60. The molecule has 1 unspecified atom stereocenters. The highest BCUT2D eigenvalue weighted by molar-refractivity contribution is 5.74. The maximum Gasteiger partial charge on any atom is 0.317 e. The van der Waals surface area contributed by atoms with Crippen LogP contribution in [-0.2, 0) is 10.3 Å². The maximum absolute atomic E-state index is 13.0. The minimum Gasteiger partial charge on any atom is -0.493 e. The molecule has 3 atom stereocenters. The van der Waals surface area contributed by atoms with E-state index in [0.717, 1.165) is 43.5 Å². The fraction of sp³-hybridized carbons (Fsp3) is 0.750. The van der Waals surface area contributed by atoms with Gasteiger partial charge in [0.2, 0.25) is 0 Å². The predicted octanol–water partition coefficient (Wildman–Crippen LogP) is 4.29. The Hall–Kier alpha value is -1.83. The standard InChI is InChI=1S/C28H47N3O4/c1-22(19-29-2)30-27(32)31-17-10-13-24(20-31)28(33,16-8-9-18-34-3)25-14-6-7-15-26(25)35-21-23-11-4-5-12-23/h6-7,14-15,22-24,29,33H,4-5,8-13,16-21H2,1-3H3,(H,30,32)/t22?,24-,28+/m1/s1. The number of nitrogens with one attached hydrogen (secondary N) is 2. The van der Waals surface area contributed by atoms with Crippen molar-refractivity contribution in [1.82, 2.24) is 15.5 Å². The first-order valence-corrected chi connectivity index (χ1v) is 13.6. The van der Waals surface area contributed by atoms with Crippen LogP contribution in [0.3, 0.4) is 0 Å². The largest absolute Gasteiger partial charge is 0.493 e. The summed E-state index contributed by atoms with van der Waals surface area (Å²) in [5.41, 5.74) is -0.193. The number of aliphatic hydroxyl groups is 1. The van der Waals surface area contributed by atoms with Gasteiger partial charge in [-0.2, -0.15) is 0 Å². The zero-order valence-corrected chi connectivity index (χ0v) is 22.1. The van der Waals surface area contributed by atoms with Gasteiger partial charge in [-0.15, -0.1) is 0 Å². The van der Waals surface area contributed by atoms with Gasteiger partial charge >= 0.3 is 6.03 Å². The number of hydrogen-bond acceptors (Lipinski definition) is 5. The van der Waals surface area contributed by atoms with Crippen molar-refractivity contribution in [2.45, 2.75) is 76.4 Å². The van der Waals surface area contributed by atoms with Gasteiger partial charge in [-0.1, -0.05) is 31.0 Å². The highest BCUT2D eigenvalue weighted by Gasteiger charge is 2.43. The molecule has 3 N–H and O–H groups in total. The van der Waals surface area contributed by atoms with Crippen molar-refractivity contribution in [3.63, 3.8) is 0 Å². The van der Waals surface area contributed by atoms with E-state index in [1.165, 1.54) is 25.7 Å². The number of ether oxygens (including phenoxy) is 2. The van der Waals surface area contributed by atoms with Crippen molar-refractivity contribution in [2.75, 3.05) is 47.0 Å². The number of benzene rings is 1. The van der Waals surface area contributed by atoms with Crippen LogP contribution in [0.4, 0.5) is 4.79 Å². The van der Waals surface area contributed by atoms with E-state index in [-0.39, 0.29) is 18.0 Å². The fourth-order valence-electron chi connectivity index (χ4n) is 5.75. The predicted molar refractivity (Wildman–Crippen MR) is 140 cm³/mol. The molecule has 1 aliphatic carbocycles. The van der Waals surface area contributed by atoms with Gasteiger partial charge in [-0.3, -0.25) is 0 Å². The molecule has 1 aromatic carbocycles. The normalized spacial score (nSPS) is 21.5. The first kappa shape index (κ1) is 27.8. The van der Waals surface area contributed by atoms with E-state index in [4.69, 9.17) is 9.47 Å². The van der Waals surface area contributed by atoms with E-state index < -0.39 is 5.60 Å². The zero-order chi connectivity index (χ0) is 25.1. The molecule has 0 bridgehead atoms. The van der Waals surface area contributed by atoms with E-state index in [9.17, 15) is 9.90 Å². The second-order valence-electron chi connectivity index (χ2n) is 10.5. The van der Waals surface area contributed by atoms with Gasteiger partial charge in [-0.05, 0) is 70.9 Å². The lowest BCUT2D eigenvalue weighted by atomic mass is 9.73. The number of methoxy groups -OCH3 is 1. The van der Waals surface area contributed by atoms with Crippen LogP contribution < -0.4 is 15.4 Å². The third kappa shape index (κ3) is 7.83. The molecule has 1 heterocycles. The Labute approximate surface area is 211 Å². The van der Waals surface area contributed by atoms with Crippen molar-refractivity contribution in [2.24, 2.45) is 11.8 Å². The lowest BCUT2D eigenvalue weighted by molar-refractivity contribution is -0.0581. The first-order valence-electron chi connectivity index (χ1n) is 13.6. The molecular formula is C28H47N3O4. The third-order valence-corrected chi connectivity index (χ3v) is 7.72. The topological polar surface area (TPSA) is 83.1 Å². The Kier molecular flexibility index (Phi) is 11.1. The molecule has 1 aromatic rings. The summed E-state index contributed by atoms with van der Waals surface area (Å²) in [5, 5.41) is 18.5. The number of nitrogens with zero attached hydrogens (tertiary/aromatic N) is 1. The van der Waals surface area contributed by atoms with Crippen LogP contribution in [0.1, 0.15) is 70.3 Å². The van der Waals surface area contributed by atoms with Gasteiger partial charge in [0.1, 0.15) is 5.75 Å². The van der Waals surface area contributed by atoms with Crippen molar-refractivity contribution < 1.29 is 19.4 Å². The SMILES string of the molecule is CNCC(C)NC(=O)N1CCC[C@@H]([C@@](O)(CCCCOC)c2ccccc2OCC2CCCC2)C1. The Balaban J connectivity index is 1.79. The van der Waals surface area contributed by atoms with Crippen LogP contribution in [0.5, 0.6) is 5.75 Å². The molecule has 198 valence electrons. The molecule has 1 saturated heterocycles. The number of rotatable bonds is 13. The maximum atomic E-state index is 13.0. The summed E-state index contributed by atoms with van der Waals surface area (Å²) >= 11 is 0. The molecule has 1 aliphatic heterocycles. The molecule has 7 heteroatoms. The second kappa shape index (κ2) is 14.0. The number of unbranched alkanes of at least 4 members (excludes halogenated alkanes) is 1. The summed E-state index contributed by atoms with van der Waals surface area (Å²) in [6.45, 7) is 5.36. The van der Waals surface area contributed by atoms with Gasteiger partial charge in [-0.25, -0.2) is 4.79 Å². The van der Waals surface area contributed by atoms with E-state index in [1.54, 1.807) is 7.11 Å². The average molecular weight is 490 g/mol. The molecule has 0 spiro atoms. The molecule has 0 radical (unpaired) electrons. The minimum atomic E-state index is -1.06. The van der Waals surface area contributed by atoms with E-state index in [1.807, 2.05) is 43.1 Å². The van der Waals surface area contributed by atoms with Crippen molar-refractivity contribution in [3.8, 4) is 5.75 Å². The van der Waals surface area contributed by atoms with Crippen molar-refractivity contribution in [3.05, 3.63) is 29.8 Å². The van der Waals surface area contributed by atoms with Crippen LogP contribution in [0.15, 0.2) is 24.3 Å². The number of piperidine rings is 1. The van der Waals surface area contributed by atoms with Crippen LogP contribution >= 0.6 is 0 Å².